The van der Waals surface area contributed by atoms with E-state index in [1.165, 1.54) is 14.1 Å². The van der Waals surface area contributed by atoms with Crippen LogP contribution in [0.1, 0.15) is 13.8 Å². The maximum atomic E-state index is 12.2. The molecule has 2 aromatic heterocycles. The number of hydrogen-bond donors (Lipinski definition) is 2. The summed E-state index contributed by atoms with van der Waals surface area (Å²) in [4.78, 5) is 20.7. The number of hydrogen-bond acceptors (Lipinski definition) is 6. The van der Waals surface area contributed by atoms with Gasteiger partial charge in [0, 0.05) is 31.2 Å². The minimum absolute atomic E-state index is 0.0294. The molecule has 0 saturated heterocycles. The van der Waals surface area contributed by atoms with Crippen LogP contribution in [0.2, 0.25) is 5.15 Å². The van der Waals surface area contributed by atoms with Crippen molar-refractivity contribution >= 4 is 50.0 Å². The molecular weight excluding hydrogens is 442 g/mol. The van der Waals surface area contributed by atoms with Gasteiger partial charge in [0.2, 0.25) is 0 Å². The molecule has 3 heterocycles. The average Bonchev–Trinajstić information content (AvgIpc) is 2.70. The molecule has 0 unspecified atom stereocenters. The van der Waals surface area contributed by atoms with Gasteiger partial charge in [0.1, 0.15) is 5.69 Å². The summed E-state index contributed by atoms with van der Waals surface area (Å²) in [6, 6.07) is 7.11. The van der Waals surface area contributed by atoms with Crippen molar-refractivity contribution in [3.05, 3.63) is 41.8 Å². The highest BCUT2D eigenvalue weighted by molar-refractivity contribution is 7.90. The highest BCUT2D eigenvalue weighted by Gasteiger charge is 2.36. The highest BCUT2D eigenvalue weighted by atomic mass is 35.5. The summed E-state index contributed by atoms with van der Waals surface area (Å²) in [6.07, 6.45) is 3.11. The van der Waals surface area contributed by atoms with Gasteiger partial charge in [0.25, 0.3) is 5.91 Å². The molecule has 4 rings (SSSR count). The first-order valence-electron chi connectivity index (χ1n) is 9.27. The standard InChI is InChI=1S/C20H20ClN5O4S/c1-20(2)19(27)24-16-10-22-14-6-5-11(7-13(14)17(16)30-20)12-8-15(18(21)23-9-12)25-31(28,29)26(3)4/h5-10,25H,1-4H3,(H,24,27). The number of pyridine rings is 2. The van der Waals surface area contributed by atoms with Crippen LogP contribution in [0.25, 0.3) is 22.0 Å². The zero-order chi connectivity index (χ0) is 22.6. The van der Waals surface area contributed by atoms with Crippen LogP contribution in [0.4, 0.5) is 11.4 Å². The van der Waals surface area contributed by atoms with E-state index in [1.807, 2.05) is 18.2 Å². The van der Waals surface area contributed by atoms with E-state index in [0.29, 0.717) is 27.9 Å². The molecule has 0 aliphatic carbocycles. The van der Waals surface area contributed by atoms with Gasteiger partial charge in [-0.3, -0.25) is 14.5 Å². The zero-order valence-electron chi connectivity index (χ0n) is 17.2. The maximum absolute atomic E-state index is 12.2. The molecule has 0 saturated carbocycles. The minimum atomic E-state index is -3.75. The molecule has 1 aliphatic heterocycles. The lowest BCUT2D eigenvalue weighted by molar-refractivity contribution is -0.129. The van der Waals surface area contributed by atoms with E-state index in [-0.39, 0.29) is 16.7 Å². The van der Waals surface area contributed by atoms with Gasteiger partial charge in [-0.1, -0.05) is 17.7 Å². The summed E-state index contributed by atoms with van der Waals surface area (Å²) in [5.74, 6) is 0.268. The topological polar surface area (TPSA) is 114 Å². The van der Waals surface area contributed by atoms with Crippen LogP contribution in [-0.2, 0) is 15.0 Å². The number of amides is 1. The molecule has 0 spiro atoms. The van der Waals surface area contributed by atoms with Crippen molar-refractivity contribution in [3.63, 3.8) is 0 Å². The van der Waals surface area contributed by atoms with Crippen molar-refractivity contribution in [3.8, 4) is 16.9 Å². The summed E-state index contributed by atoms with van der Waals surface area (Å²) in [6.45, 7) is 3.38. The number of carbonyl (C=O) groups excluding carboxylic acids is 1. The van der Waals surface area contributed by atoms with Gasteiger partial charge in [-0.15, -0.1) is 0 Å². The Morgan fingerprint density at radius 2 is 1.87 bits per heavy atom. The van der Waals surface area contributed by atoms with Gasteiger partial charge in [-0.25, -0.2) is 4.98 Å². The van der Waals surface area contributed by atoms with Crippen LogP contribution in [0.3, 0.4) is 0 Å². The second-order valence-electron chi connectivity index (χ2n) is 7.75. The molecular formula is C20H20ClN5O4S. The van der Waals surface area contributed by atoms with Crippen molar-refractivity contribution in [2.75, 3.05) is 24.1 Å². The zero-order valence-corrected chi connectivity index (χ0v) is 18.8. The summed E-state index contributed by atoms with van der Waals surface area (Å²) >= 11 is 6.10. The monoisotopic (exact) mass is 461 g/mol. The molecule has 3 aromatic rings. The van der Waals surface area contributed by atoms with E-state index < -0.39 is 15.8 Å². The molecule has 1 aliphatic rings. The lowest BCUT2D eigenvalue weighted by Crippen LogP contribution is -2.45. The third kappa shape index (κ3) is 3.89. The van der Waals surface area contributed by atoms with E-state index >= 15 is 0 Å². The molecule has 162 valence electrons. The Balaban J connectivity index is 1.81. The second kappa shape index (κ2) is 7.33. The van der Waals surface area contributed by atoms with Crippen molar-refractivity contribution in [2.45, 2.75) is 19.4 Å². The van der Waals surface area contributed by atoms with Crippen LogP contribution in [0.5, 0.6) is 5.75 Å². The second-order valence-corrected chi connectivity index (χ2v) is 9.99. The number of anilines is 2. The third-order valence-corrected chi connectivity index (χ3v) is 6.60. The number of ether oxygens (including phenoxy) is 1. The van der Waals surface area contributed by atoms with Crippen molar-refractivity contribution in [1.82, 2.24) is 14.3 Å². The maximum Gasteiger partial charge on any atom is 0.301 e. The van der Waals surface area contributed by atoms with Gasteiger partial charge in [-0.05, 0) is 37.6 Å². The quantitative estimate of drug-likeness (QED) is 0.576. The Labute approximate surface area is 184 Å². The molecule has 0 bridgehead atoms. The number of nitrogens with zero attached hydrogens (tertiary/aromatic N) is 3. The SMILES string of the molecule is CN(C)S(=O)(=O)Nc1cc(-c2ccc3ncc4c(c3c2)OC(C)(C)C(=O)N4)cnc1Cl. The van der Waals surface area contributed by atoms with E-state index in [0.717, 1.165) is 9.87 Å². The Morgan fingerprint density at radius 3 is 2.58 bits per heavy atom. The van der Waals surface area contributed by atoms with Gasteiger partial charge in [0.05, 0.1) is 17.4 Å². The Kier molecular flexibility index (Phi) is 5.03. The fourth-order valence-electron chi connectivity index (χ4n) is 3.03. The van der Waals surface area contributed by atoms with E-state index in [1.54, 1.807) is 32.3 Å². The molecule has 0 fully saturated rings. The van der Waals surface area contributed by atoms with Gasteiger partial charge in [-0.2, -0.15) is 12.7 Å². The normalized spacial score (nSPS) is 15.4. The number of halogens is 1. The fraction of sp³-hybridized carbons (Fsp3) is 0.250. The van der Waals surface area contributed by atoms with E-state index in [4.69, 9.17) is 16.3 Å². The summed E-state index contributed by atoms with van der Waals surface area (Å²) in [7, 11) is -0.929. The molecule has 0 atom stereocenters. The summed E-state index contributed by atoms with van der Waals surface area (Å²) < 4.78 is 33.8. The number of fused-ring (bicyclic) bond motifs is 3. The van der Waals surface area contributed by atoms with Crippen LogP contribution in [0, 0.1) is 0 Å². The van der Waals surface area contributed by atoms with Gasteiger partial charge in [0.15, 0.2) is 16.5 Å². The largest absolute Gasteiger partial charge is 0.475 e. The first-order chi connectivity index (χ1) is 14.5. The summed E-state index contributed by atoms with van der Waals surface area (Å²) in [5, 5.41) is 3.55. The number of benzene rings is 1. The van der Waals surface area contributed by atoms with E-state index in [2.05, 4.69) is 20.0 Å². The number of nitrogens with one attached hydrogen (secondary N) is 2. The Bertz CT molecular complexity index is 1320. The van der Waals surface area contributed by atoms with Crippen LogP contribution >= 0.6 is 11.6 Å². The third-order valence-electron chi connectivity index (χ3n) is 4.86. The first-order valence-corrected chi connectivity index (χ1v) is 11.1. The molecule has 11 heteroatoms. The lowest BCUT2D eigenvalue weighted by atomic mass is 10.0. The van der Waals surface area contributed by atoms with Crippen LogP contribution < -0.4 is 14.8 Å². The summed E-state index contributed by atoms with van der Waals surface area (Å²) in [5.41, 5.74) is 1.69. The van der Waals surface area contributed by atoms with Crippen molar-refractivity contribution in [2.24, 2.45) is 0 Å². The predicted octanol–water partition coefficient (Wildman–Crippen LogP) is 3.28. The number of aromatic nitrogens is 2. The van der Waals surface area contributed by atoms with Crippen LogP contribution in [-0.4, -0.2) is 48.3 Å². The molecule has 9 nitrogen and oxygen atoms in total. The lowest BCUT2D eigenvalue weighted by Gasteiger charge is -2.32. The molecule has 1 amide bonds. The molecule has 31 heavy (non-hydrogen) atoms. The Hall–Kier alpha value is -2.95. The van der Waals surface area contributed by atoms with Crippen molar-refractivity contribution in [1.29, 1.82) is 0 Å². The highest BCUT2D eigenvalue weighted by Crippen LogP contribution is 2.40. The molecule has 2 N–H and O–H groups in total. The van der Waals surface area contributed by atoms with Gasteiger partial charge >= 0.3 is 10.2 Å². The first kappa shape index (κ1) is 21.3. The van der Waals surface area contributed by atoms with Gasteiger partial charge < -0.3 is 10.1 Å². The Morgan fingerprint density at radius 1 is 1.13 bits per heavy atom. The predicted molar refractivity (Wildman–Crippen MR) is 120 cm³/mol. The molecule has 1 aromatic carbocycles. The smallest absolute Gasteiger partial charge is 0.301 e. The minimum Gasteiger partial charge on any atom is -0.475 e. The van der Waals surface area contributed by atoms with Crippen LogP contribution in [0.15, 0.2) is 36.7 Å². The average molecular weight is 462 g/mol. The van der Waals surface area contributed by atoms with E-state index in [9.17, 15) is 13.2 Å². The molecule has 0 radical (unpaired) electrons. The fourth-order valence-corrected chi connectivity index (χ4v) is 3.85. The number of rotatable bonds is 4. The van der Waals surface area contributed by atoms with Crippen molar-refractivity contribution < 1.29 is 17.9 Å². The number of carbonyl (C=O) groups is 1.